The molecule has 3 aromatic rings. The minimum Gasteiger partial charge on any atom is -0.497 e. The molecular formula is C27H33N3O5. The summed E-state index contributed by atoms with van der Waals surface area (Å²) < 4.78 is 22.2. The molecule has 8 nitrogen and oxygen atoms in total. The monoisotopic (exact) mass is 479 g/mol. The maximum absolute atomic E-state index is 13.5. The Morgan fingerprint density at radius 1 is 1.00 bits per heavy atom. The van der Waals surface area contributed by atoms with E-state index in [1.165, 1.54) is 0 Å². The highest BCUT2D eigenvalue weighted by molar-refractivity contribution is 5.92. The summed E-state index contributed by atoms with van der Waals surface area (Å²) in [5, 5.41) is 0.835. The highest BCUT2D eigenvalue weighted by Crippen LogP contribution is 2.35. The maximum Gasteiger partial charge on any atom is 0.252 e. The van der Waals surface area contributed by atoms with Crippen molar-refractivity contribution in [3.05, 3.63) is 53.6 Å². The Kier molecular flexibility index (Phi) is 7.60. The molecule has 1 aromatic heterocycles. The van der Waals surface area contributed by atoms with Gasteiger partial charge >= 0.3 is 0 Å². The summed E-state index contributed by atoms with van der Waals surface area (Å²) in [5.74, 6) is 2.90. The number of fused-ring (bicyclic) bond motifs is 1. The zero-order chi connectivity index (χ0) is 24.9. The molecule has 1 amide bonds. The van der Waals surface area contributed by atoms with Crippen LogP contribution in [0.5, 0.6) is 17.2 Å². The predicted molar refractivity (Wildman–Crippen MR) is 135 cm³/mol. The second kappa shape index (κ2) is 10.8. The lowest BCUT2D eigenvalue weighted by Crippen LogP contribution is -2.38. The molecule has 35 heavy (non-hydrogen) atoms. The van der Waals surface area contributed by atoms with Gasteiger partial charge in [-0.2, -0.15) is 0 Å². The molecule has 186 valence electrons. The first-order chi connectivity index (χ1) is 16.9. The van der Waals surface area contributed by atoms with E-state index >= 15 is 0 Å². The first kappa shape index (κ1) is 24.6. The Balaban J connectivity index is 1.76. The Morgan fingerprint density at radius 3 is 2.31 bits per heavy atom. The average Bonchev–Trinajstić information content (AvgIpc) is 3.42. The minimum atomic E-state index is -0.417. The molecule has 4 rings (SSSR count). The van der Waals surface area contributed by atoms with Crippen LogP contribution in [0.3, 0.4) is 0 Å². The van der Waals surface area contributed by atoms with Crippen LogP contribution in [0.4, 0.5) is 5.82 Å². The van der Waals surface area contributed by atoms with Gasteiger partial charge in [0.15, 0.2) is 0 Å². The van der Waals surface area contributed by atoms with Crippen LogP contribution >= 0.6 is 0 Å². The van der Waals surface area contributed by atoms with Crippen LogP contribution in [0.2, 0.25) is 0 Å². The molecule has 0 unspecified atom stereocenters. The molecule has 1 aliphatic rings. The number of pyridine rings is 1. The molecular weight excluding hydrogens is 446 g/mol. The van der Waals surface area contributed by atoms with Crippen LogP contribution in [-0.4, -0.2) is 63.9 Å². The van der Waals surface area contributed by atoms with E-state index in [1.807, 2.05) is 66.4 Å². The standard InChI is InChI=1S/C27H33N3O5/c1-29(2)26-19(15-21-22(33-4)12-13-23(34-5)25(21)28-26)17-30(27(31)24-7-6-14-35-24)16-18-8-10-20(32-3)11-9-18/h8-13,15,24H,6-7,14,16-17H2,1-5H3/t24-/m1/s1. The van der Waals surface area contributed by atoms with Gasteiger partial charge in [-0.3, -0.25) is 4.79 Å². The van der Waals surface area contributed by atoms with Crippen LogP contribution in [-0.2, 0) is 22.6 Å². The number of carbonyl (C=O) groups excluding carboxylic acids is 1. The van der Waals surface area contributed by atoms with E-state index in [2.05, 4.69) is 0 Å². The molecule has 2 heterocycles. The molecule has 2 aromatic carbocycles. The predicted octanol–water partition coefficient (Wildman–Crippen LogP) is 4.03. The summed E-state index contributed by atoms with van der Waals surface area (Å²) in [6, 6.07) is 13.5. The maximum atomic E-state index is 13.5. The molecule has 0 radical (unpaired) electrons. The Morgan fingerprint density at radius 2 is 1.71 bits per heavy atom. The third-order valence-corrected chi connectivity index (χ3v) is 6.24. The Hall–Kier alpha value is -3.52. The van der Waals surface area contributed by atoms with Crippen molar-refractivity contribution in [2.24, 2.45) is 0 Å². The first-order valence-electron chi connectivity index (χ1n) is 11.7. The van der Waals surface area contributed by atoms with Crippen LogP contribution in [0.25, 0.3) is 10.9 Å². The summed E-state index contributed by atoms with van der Waals surface area (Å²) in [5.41, 5.74) is 2.64. The SMILES string of the molecule is COc1ccc(CN(Cc2cc3c(OC)ccc(OC)c3nc2N(C)C)C(=O)[C@H]2CCCO2)cc1. The number of amides is 1. The number of rotatable bonds is 9. The number of benzene rings is 2. The van der Waals surface area contributed by atoms with Crippen molar-refractivity contribution in [2.75, 3.05) is 46.9 Å². The largest absolute Gasteiger partial charge is 0.497 e. The minimum absolute atomic E-state index is 0.0132. The number of aromatic nitrogens is 1. The molecule has 0 saturated carbocycles. The van der Waals surface area contributed by atoms with E-state index in [4.69, 9.17) is 23.9 Å². The summed E-state index contributed by atoms with van der Waals surface area (Å²) in [7, 11) is 8.79. The molecule has 0 bridgehead atoms. The van der Waals surface area contributed by atoms with E-state index < -0.39 is 6.10 Å². The van der Waals surface area contributed by atoms with Gasteiger partial charge in [0.25, 0.3) is 5.91 Å². The van der Waals surface area contributed by atoms with Crippen molar-refractivity contribution in [1.82, 2.24) is 9.88 Å². The highest BCUT2D eigenvalue weighted by Gasteiger charge is 2.29. The van der Waals surface area contributed by atoms with Crippen molar-refractivity contribution in [1.29, 1.82) is 0 Å². The van der Waals surface area contributed by atoms with Gasteiger partial charge in [-0.05, 0) is 48.7 Å². The zero-order valence-corrected chi connectivity index (χ0v) is 21.0. The summed E-state index contributed by atoms with van der Waals surface area (Å²) in [4.78, 5) is 22.3. The van der Waals surface area contributed by atoms with Gasteiger partial charge in [-0.1, -0.05) is 12.1 Å². The third-order valence-electron chi connectivity index (χ3n) is 6.24. The molecule has 0 spiro atoms. The normalized spacial score (nSPS) is 15.2. The van der Waals surface area contributed by atoms with E-state index in [0.29, 0.717) is 36.7 Å². The molecule has 0 N–H and O–H groups in total. The second-order valence-corrected chi connectivity index (χ2v) is 8.78. The van der Waals surface area contributed by atoms with Crippen LogP contribution < -0.4 is 19.1 Å². The summed E-state index contributed by atoms with van der Waals surface area (Å²) in [6.07, 6.45) is 1.21. The number of nitrogens with zero attached hydrogens (tertiary/aromatic N) is 3. The lowest BCUT2D eigenvalue weighted by atomic mass is 10.1. The highest BCUT2D eigenvalue weighted by atomic mass is 16.5. The smallest absolute Gasteiger partial charge is 0.252 e. The number of hydrogen-bond donors (Lipinski definition) is 0. The Labute approximate surface area is 206 Å². The van der Waals surface area contributed by atoms with Crippen molar-refractivity contribution in [2.45, 2.75) is 32.0 Å². The lowest BCUT2D eigenvalue weighted by Gasteiger charge is -2.28. The number of ether oxygens (including phenoxy) is 4. The number of anilines is 1. The number of methoxy groups -OCH3 is 3. The van der Waals surface area contributed by atoms with E-state index in [0.717, 1.165) is 40.9 Å². The quantitative estimate of drug-likeness (QED) is 0.459. The molecule has 1 fully saturated rings. The van der Waals surface area contributed by atoms with E-state index in [1.54, 1.807) is 21.3 Å². The van der Waals surface area contributed by atoms with Gasteiger partial charge in [0, 0.05) is 44.7 Å². The third kappa shape index (κ3) is 5.27. The molecule has 1 aliphatic heterocycles. The van der Waals surface area contributed by atoms with Crippen molar-refractivity contribution in [3.8, 4) is 17.2 Å². The van der Waals surface area contributed by atoms with Gasteiger partial charge in [-0.15, -0.1) is 0 Å². The van der Waals surface area contributed by atoms with Gasteiger partial charge in [-0.25, -0.2) is 4.98 Å². The average molecular weight is 480 g/mol. The van der Waals surface area contributed by atoms with E-state index in [9.17, 15) is 4.79 Å². The fourth-order valence-corrected chi connectivity index (χ4v) is 4.43. The van der Waals surface area contributed by atoms with Gasteiger partial charge < -0.3 is 28.7 Å². The first-order valence-corrected chi connectivity index (χ1v) is 11.7. The van der Waals surface area contributed by atoms with Gasteiger partial charge in [0.05, 0.1) is 21.3 Å². The summed E-state index contributed by atoms with van der Waals surface area (Å²) >= 11 is 0. The van der Waals surface area contributed by atoms with Crippen molar-refractivity contribution < 1.29 is 23.7 Å². The van der Waals surface area contributed by atoms with Crippen LogP contribution in [0.1, 0.15) is 24.0 Å². The molecule has 8 heteroatoms. The Bertz CT molecular complexity index is 1170. The van der Waals surface area contributed by atoms with Gasteiger partial charge in [0.1, 0.15) is 34.7 Å². The van der Waals surface area contributed by atoms with Crippen molar-refractivity contribution in [3.63, 3.8) is 0 Å². The topological polar surface area (TPSA) is 73.4 Å². The van der Waals surface area contributed by atoms with Crippen LogP contribution in [0, 0.1) is 0 Å². The fraction of sp³-hybridized carbons (Fsp3) is 0.407. The zero-order valence-electron chi connectivity index (χ0n) is 21.0. The lowest BCUT2D eigenvalue weighted by molar-refractivity contribution is -0.142. The molecule has 0 aliphatic carbocycles. The molecule has 1 saturated heterocycles. The number of carbonyl (C=O) groups is 1. The van der Waals surface area contributed by atoms with Gasteiger partial charge in [0.2, 0.25) is 0 Å². The number of hydrogen-bond acceptors (Lipinski definition) is 7. The van der Waals surface area contributed by atoms with E-state index in [-0.39, 0.29) is 5.91 Å². The fourth-order valence-electron chi connectivity index (χ4n) is 4.43. The van der Waals surface area contributed by atoms with Crippen molar-refractivity contribution >= 4 is 22.6 Å². The molecule has 1 atom stereocenters. The summed E-state index contributed by atoms with van der Waals surface area (Å²) in [6.45, 7) is 1.44. The van der Waals surface area contributed by atoms with Crippen LogP contribution in [0.15, 0.2) is 42.5 Å². The second-order valence-electron chi connectivity index (χ2n) is 8.78.